The number of nitrogens with zero attached hydrogens (tertiary/aromatic N) is 2. The van der Waals surface area contributed by atoms with E-state index in [0.717, 1.165) is 15.6 Å². The van der Waals surface area contributed by atoms with Crippen LogP contribution in [0.4, 0.5) is 10.2 Å². The van der Waals surface area contributed by atoms with Crippen LogP contribution in [0, 0.1) is 5.82 Å². The Balaban J connectivity index is 2.58. The summed E-state index contributed by atoms with van der Waals surface area (Å²) < 4.78 is 16.1. The van der Waals surface area contributed by atoms with Crippen LogP contribution in [0.1, 0.15) is 0 Å². The monoisotopic (exact) mass is 315 g/mol. The van der Waals surface area contributed by atoms with Crippen molar-refractivity contribution in [1.29, 1.82) is 0 Å². The maximum Gasteiger partial charge on any atom is 0.138 e. The van der Waals surface area contributed by atoms with Crippen LogP contribution in [0.25, 0.3) is 11.1 Å². The third-order valence-electron chi connectivity index (χ3n) is 2.50. The van der Waals surface area contributed by atoms with Gasteiger partial charge >= 0.3 is 0 Å². The van der Waals surface area contributed by atoms with Gasteiger partial charge in [0.15, 0.2) is 0 Å². The topological polar surface area (TPSA) is 43.8 Å². The van der Waals surface area contributed by atoms with Gasteiger partial charge in [0.2, 0.25) is 0 Å². The molecule has 0 radical (unpaired) electrons. The third kappa shape index (κ3) is 2.19. The zero-order valence-electron chi connectivity index (χ0n) is 9.37. The number of aromatic nitrogens is 2. The summed E-state index contributed by atoms with van der Waals surface area (Å²) in [6, 6.07) is 3.33. The van der Waals surface area contributed by atoms with E-state index in [1.165, 1.54) is 17.8 Å². The molecule has 1 aromatic carbocycles. The minimum atomic E-state index is -0.259. The Morgan fingerprint density at radius 3 is 2.65 bits per heavy atom. The lowest BCUT2D eigenvalue weighted by Crippen LogP contribution is -1.98. The van der Waals surface area contributed by atoms with Crippen molar-refractivity contribution in [1.82, 2.24) is 9.78 Å². The Morgan fingerprint density at radius 1 is 1.47 bits per heavy atom. The third-order valence-corrected chi connectivity index (χ3v) is 4.21. The number of aryl methyl sites for hydroxylation is 1. The van der Waals surface area contributed by atoms with Gasteiger partial charge in [0, 0.05) is 17.1 Å². The van der Waals surface area contributed by atoms with E-state index in [0.29, 0.717) is 10.7 Å². The van der Waals surface area contributed by atoms with Crippen molar-refractivity contribution < 1.29 is 4.39 Å². The van der Waals surface area contributed by atoms with E-state index in [4.69, 9.17) is 5.73 Å². The molecule has 0 aliphatic heterocycles. The van der Waals surface area contributed by atoms with Crippen molar-refractivity contribution in [3.8, 4) is 11.1 Å². The van der Waals surface area contributed by atoms with Crippen molar-refractivity contribution in [2.24, 2.45) is 7.05 Å². The molecule has 0 fully saturated rings. The second-order valence-corrected chi connectivity index (χ2v) is 5.21. The second kappa shape index (κ2) is 4.70. The van der Waals surface area contributed by atoms with Gasteiger partial charge in [0.05, 0.1) is 11.1 Å². The van der Waals surface area contributed by atoms with Gasteiger partial charge in [-0.15, -0.1) is 11.8 Å². The maximum absolute atomic E-state index is 13.8. The molecule has 1 aromatic heterocycles. The van der Waals surface area contributed by atoms with Gasteiger partial charge in [-0.05, 0) is 39.9 Å². The molecule has 1 heterocycles. The fraction of sp³-hybridized carbons (Fsp3) is 0.182. The van der Waals surface area contributed by atoms with Crippen molar-refractivity contribution in [2.75, 3.05) is 12.0 Å². The molecule has 0 amide bonds. The summed E-state index contributed by atoms with van der Waals surface area (Å²) in [6.07, 6.45) is 3.47. The first-order chi connectivity index (χ1) is 8.04. The highest BCUT2D eigenvalue weighted by molar-refractivity contribution is 9.10. The van der Waals surface area contributed by atoms with Gasteiger partial charge in [-0.2, -0.15) is 5.10 Å². The summed E-state index contributed by atoms with van der Waals surface area (Å²) in [5.74, 6) is 0.262. The molecule has 0 spiro atoms. The van der Waals surface area contributed by atoms with Crippen LogP contribution in [-0.2, 0) is 7.05 Å². The zero-order chi connectivity index (χ0) is 12.6. The van der Waals surface area contributed by atoms with Gasteiger partial charge in [-0.3, -0.25) is 4.68 Å². The maximum atomic E-state index is 13.8. The molecule has 0 saturated heterocycles. The number of hydrogen-bond donors (Lipinski definition) is 1. The fourth-order valence-electron chi connectivity index (χ4n) is 1.58. The molecule has 2 N–H and O–H groups in total. The average molecular weight is 316 g/mol. The molecular formula is C11H11BrFN3S. The first-order valence-electron chi connectivity index (χ1n) is 4.85. The van der Waals surface area contributed by atoms with E-state index in [2.05, 4.69) is 21.0 Å². The van der Waals surface area contributed by atoms with Gasteiger partial charge in [0.25, 0.3) is 0 Å². The molecule has 6 heteroatoms. The first kappa shape index (κ1) is 12.4. The molecule has 90 valence electrons. The highest BCUT2D eigenvalue weighted by Crippen LogP contribution is 2.35. The lowest BCUT2D eigenvalue weighted by molar-refractivity contribution is 0.601. The van der Waals surface area contributed by atoms with E-state index in [1.54, 1.807) is 17.9 Å². The highest BCUT2D eigenvalue weighted by atomic mass is 79.9. The molecule has 2 aromatic rings. The van der Waals surface area contributed by atoms with Gasteiger partial charge in [-0.1, -0.05) is 0 Å². The SMILES string of the molecule is CSc1c(F)cc(-c2cnn(C)c2N)cc1Br. The summed E-state index contributed by atoms with van der Waals surface area (Å²) in [5, 5.41) is 4.04. The number of anilines is 1. The largest absolute Gasteiger partial charge is 0.383 e. The number of nitrogens with two attached hydrogens (primary N) is 1. The normalized spacial score (nSPS) is 10.8. The number of rotatable bonds is 2. The van der Waals surface area contributed by atoms with E-state index in [9.17, 15) is 4.39 Å². The van der Waals surface area contributed by atoms with Crippen LogP contribution < -0.4 is 5.73 Å². The Hall–Kier alpha value is -1.01. The summed E-state index contributed by atoms with van der Waals surface area (Å²) in [7, 11) is 1.75. The van der Waals surface area contributed by atoms with E-state index in [-0.39, 0.29) is 5.82 Å². The highest BCUT2D eigenvalue weighted by Gasteiger charge is 2.13. The summed E-state index contributed by atoms with van der Waals surface area (Å²) >= 11 is 4.72. The lowest BCUT2D eigenvalue weighted by atomic mass is 10.1. The van der Waals surface area contributed by atoms with Crippen LogP contribution in [-0.4, -0.2) is 16.0 Å². The Labute approximate surface area is 111 Å². The molecule has 2 rings (SSSR count). The molecule has 17 heavy (non-hydrogen) atoms. The average Bonchev–Trinajstić information content (AvgIpc) is 2.59. The van der Waals surface area contributed by atoms with Crippen molar-refractivity contribution in [3.63, 3.8) is 0 Å². The standard InChI is InChI=1S/C11H11BrFN3S/c1-16-11(14)7(5-15-16)6-3-8(12)10(17-2)9(13)4-6/h3-5H,14H2,1-2H3. The van der Waals surface area contributed by atoms with E-state index < -0.39 is 0 Å². The van der Waals surface area contributed by atoms with Crippen LogP contribution in [0.3, 0.4) is 0 Å². The predicted octanol–water partition coefficient (Wildman–Crippen LogP) is 3.29. The summed E-state index contributed by atoms with van der Waals surface area (Å²) in [4.78, 5) is 0.594. The number of hydrogen-bond acceptors (Lipinski definition) is 3. The van der Waals surface area contributed by atoms with Crippen molar-refractivity contribution in [3.05, 3.63) is 28.6 Å². The number of halogens is 2. The van der Waals surface area contributed by atoms with Crippen LogP contribution in [0.15, 0.2) is 27.7 Å². The minimum absolute atomic E-state index is 0.259. The quantitative estimate of drug-likeness (QED) is 0.865. The lowest BCUT2D eigenvalue weighted by Gasteiger charge is -2.07. The Kier molecular flexibility index (Phi) is 3.44. The molecule has 0 unspecified atom stereocenters. The van der Waals surface area contributed by atoms with Crippen LogP contribution in [0.5, 0.6) is 0 Å². The van der Waals surface area contributed by atoms with E-state index in [1.807, 2.05) is 12.3 Å². The molecule has 0 aliphatic carbocycles. The number of thioether (sulfide) groups is 1. The number of benzene rings is 1. The van der Waals surface area contributed by atoms with Gasteiger partial charge in [-0.25, -0.2) is 4.39 Å². The number of nitrogen functional groups attached to an aromatic ring is 1. The van der Waals surface area contributed by atoms with Crippen molar-refractivity contribution in [2.45, 2.75) is 4.90 Å². The molecule has 0 atom stereocenters. The summed E-state index contributed by atoms with van der Waals surface area (Å²) in [6.45, 7) is 0. The smallest absolute Gasteiger partial charge is 0.138 e. The van der Waals surface area contributed by atoms with Crippen molar-refractivity contribution >= 4 is 33.5 Å². The van der Waals surface area contributed by atoms with Gasteiger partial charge < -0.3 is 5.73 Å². The van der Waals surface area contributed by atoms with Gasteiger partial charge in [0.1, 0.15) is 11.6 Å². The molecule has 0 bridgehead atoms. The molecule has 0 aliphatic rings. The van der Waals surface area contributed by atoms with E-state index >= 15 is 0 Å². The van der Waals surface area contributed by atoms with Crippen LogP contribution >= 0.6 is 27.7 Å². The first-order valence-corrected chi connectivity index (χ1v) is 6.87. The molecule has 0 saturated carbocycles. The second-order valence-electron chi connectivity index (χ2n) is 3.54. The summed E-state index contributed by atoms with van der Waals surface area (Å²) in [5.41, 5.74) is 7.32. The zero-order valence-corrected chi connectivity index (χ0v) is 11.8. The molecule has 3 nitrogen and oxygen atoms in total. The Morgan fingerprint density at radius 2 is 2.18 bits per heavy atom. The minimum Gasteiger partial charge on any atom is -0.383 e. The predicted molar refractivity (Wildman–Crippen MR) is 72.5 cm³/mol. The fourth-order valence-corrected chi connectivity index (χ4v) is 3.01. The molecular weight excluding hydrogens is 305 g/mol. The van der Waals surface area contributed by atoms with Crippen LogP contribution in [0.2, 0.25) is 0 Å². The Bertz CT molecular complexity index is 545.